The molecule has 4 N–H and O–H groups in total. The van der Waals surface area contributed by atoms with E-state index in [4.69, 9.17) is 31.6 Å². The highest BCUT2D eigenvalue weighted by Crippen LogP contribution is 2.33. The Hall–Kier alpha value is -3.00. The minimum absolute atomic E-state index is 0.179. The summed E-state index contributed by atoms with van der Waals surface area (Å²) in [6, 6.07) is -5.05. The smallest absolute Gasteiger partial charge is 0.167 e. The van der Waals surface area contributed by atoms with Crippen LogP contribution in [0.5, 0.6) is 0 Å². The largest absolute Gasteiger partial charge is 0.394 e. The van der Waals surface area contributed by atoms with Gasteiger partial charge in [0.25, 0.3) is 0 Å². The molecule has 2 fully saturated rings. The Balaban J connectivity index is 2.39. The van der Waals surface area contributed by atoms with E-state index in [0.717, 1.165) is 0 Å². The van der Waals surface area contributed by atoms with Crippen LogP contribution >= 0.6 is 0 Å². The van der Waals surface area contributed by atoms with Crippen molar-refractivity contribution in [1.82, 2.24) is 0 Å². The number of ether oxygens (including phenoxy) is 2. The fourth-order valence-corrected chi connectivity index (χ4v) is 3.42. The average molecular weight is 426 g/mol. The lowest BCUT2D eigenvalue weighted by Gasteiger charge is -2.45. The maximum Gasteiger partial charge on any atom is 0.167 e. The van der Waals surface area contributed by atoms with Gasteiger partial charge in [-0.1, -0.05) is 20.5 Å². The van der Waals surface area contributed by atoms with E-state index >= 15 is 0 Å². The van der Waals surface area contributed by atoms with Gasteiger partial charge in [-0.2, -0.15) is 0 Å². The Kier molecular flexibility index (Phi) is 8.29. The number of aliphatic hydroxyl groups excluding tert-OH is 4. The van der Waals surface area contributed by atoms with Crippen LogP contribution in [-0.2, 0) is 9.47 Å². The van der Waals surface area contributed by atoms with E-state index in [1.165, 1.54) is 0 Å². The summed E-state index contributed by atoms with van der Waals surface area (Å²) < 4.78 is 11.0. The minimum Gasteiger partial charge on any atom is -0.394 e. The lowest BCUT2D eigenvalue weighted by atomic mass is 9.84. The molecule has 0 aromatic carbocycles. The average Bonchev–Trinajstić information content (AvgIpc) is 2.73. The second kappa shape index (κ2) is 10.7. The van der Waals surface area contributed by atoms with Crippen molar-refractivity contribution in [2.45, 2.75) is 67.4 Å². The van der Waals surface area contributed by atoms with Gasteiger partial charge >= 0.3 is 0 Å². The van der Waals surface area contributed by atoms with Crippen molar-refractivity contribution in [2.24, 2.45) is 20.5 Å². The number of rotatable bonds is 7. The lowest BCUT2D eigenvalue weighted by molar-refractivity contribution is -0.277. The van der Waals surface area contributed by atoms with Crippen LogP contribution in [0.25, 0.3) is 41.8 Å². The fourth-order valence-electron chi connectivity index (χ4n) is 3.42. The minimum atomic E-state index is -1.71. The molecule has 18 heteroatoms. The lowest BCUT2D eigenvalue weighted by Crippen LogP contribution is -2.62. The first-order valence-corrected chi connectivity index (χ1v) is 8.56. The molecule has 0 amide bonds. The number of aliphatic hydroxyl groups is 4. The van der Waals surface area contributed by atoms with Crippen molar-refractivity contribution < 1.29 is 29.9 Å². The standard InChI is InChI=1S/C12H18N12O6/c13-21-17-3-1-4(18-22-14)11(10(28)8(3)26)30-12-7(20-24-16)6(19-23-15)9(27)5(2-25)29-12/h3-12,25-28H,1-2H2/t3-,4?,5?,6-,7?,8?,9+,10-,11+,12+/m1/s1. The van der Waals surface area contributed by atoms with Crippen LogP contribution in [0.2, 0.25) is 0 Å². The number of nitrogens with zero attached hydrogens (tertiary/aromatic N) is 12. The Bertz CT molecular complexity index is 804. The quantitative estimate of drug-likeness (QED) is 0.251. The van der Waals surface area contributed by atoms with Crippen molar-refractivity contribution in [3.05, 3.63) is 41.8 Å². The summed E-state index contributed by atoms with van der Waals surface area (Å²) >= 11 is 0. The van der Waals surface area contributed by atoms with Gasteiger partial charge in [0.1, 0.15) is 12.2 Å². The third kappa shape index (κ3) is 4.76. The Morgan fingerprint density at radius 1 is 0.800 bits per heavy atom. The Labute approximate surface area is 167 Å². The topological polar surface area (TPSA) is 294 Å². The van der Waals surface area contributed by atoms with Gasteiger partial charge in [-0.15, -0.1) is 0 Å². The molecule has 10 atom stereocenters. The molecule has 1 saturated heterocycles. The highest BCUT2D eigenvalue weighted by molar-refractivity contribution is 5.03. The normalized spacial score (nSPS) is 40.7. The molecule has 1 heterocycles. The molecule has 0 aromatic heterocycles. The van der Waals surface area contributed by atoms with Gasteiger partial charge in [-0.25, -0.2) is 0 Å². The van der Waals surface area contributed by atoms with Crippen LogP contribution in [0, 0.1) is 0 Å². The molecule has 1 aliphatic carbocycles. The zero-order chi connectivity index (χ0) is 22.3. The highest BCUT2D eigenvalue weighted by Gasteiger charge is 2.50. The molecule has 2 aliphatic rings. The molecule has 30 heavy (non-hydrogen) atoms. The van der Waals surface area contributed by atoms with E-state index in [0.29, 0.717) is 0 Å². The van der Waals surface area contributed by atoms with Gasteiger partial charge in [-0.3, -0.25) is 0 Å². The summed E-state index contributed by atoms with van der Waals surface area (Å²) in [5.41, 5.74) is 35.0. The maximum absolute atomic E-state index is 10.4. The van der Waals surface area contributed by atoms with E-state index < -0.39 is 67.6 Å². The molecule has 0 bridgehead atoms. The van der Waals surface area contributed by atoms with Crippen molar-refractivity contribution in [3.8, 4) is 0 Å². The summed E-state index contributed by atoms with van der Waals surface area (Å²) in [4.78, 5) is 10.4. The molecule has 0 aromatic rings. The van der Waals surface area contributed by atoms with E-state index in [2.05, 4.69) is 40.1 Å². The van der Waals surface area contributed by atoms with Crippen molar-refractivity contribution >= 4 is 0 Å². The van der Waals surface area contributed by atoms with Crippen molar-refractivity contribution in [1.29, 1.82) is 0 Å². The second-order valence-electron chi connectivity index (χ2n) is 6.47. The van der Waals surface area contributed by atoms with Crippen LogP contribution in [0.15, 0.2) is 20.5 Å². The third-order valence-corrected chi connectivity index (χ3v) is 4.85. The third-order valence-electron chi connectivity index (χ3n) is 4.85. The Morgan fingerprint density at radius 3 is 1.93 bits per heavy atom. The zero-order valence-corrected chi connectivity index (χ0v) is 15.2. The van der Waals surface area contributed by atoms with Crippen LogP contribution in [0.3, 0.4) is 0 Å². The number of azide groups is 4. The van der Waals surface area contributed by atoms with E-state index in [-0.39, 0.29) is 6.42 Å². The van der Waals surface area contributed by atoms with Crippen LogP contribution in [0.4, 0.5) is 0 Å². The molecular formula is C12H18N12O6. The fraction of sp³-hybridized carbons (Fsp3) is 1.00. The molecule has 1 saturated carbocycles. The number of hydrogen-bond donors (Lipinski definition) is 4. The molecule has 0 radical (unpaired) electrons. The molecular weight excluding hydrogens is 408 g/mol. The van der Waals surface area contributed by atoms with E-state index in [9.17, 15) is 20.4 Å². The highest BCUT2D eigenvalue weighted by atomic mass is 16.7. The molecule has 2 rings (SSSR count). The molecule has 162 valence electrons. The first-order valence-electron chi connectivity index (χ1n) is 8.56. The van der Waals surface area contributed by atoms with Gasteiger partial charge in [0, 0.05) is 19.6 Å². The van der Waals surface area contributed by atoms with Crippen LogP contribution in [0.1, 0.15) is 6.42 Å². The summed E-state index contributed by atoms with van der Waals surface area (Å²) in [7, 11) is 0. The molecule has 1 aliphatic heterocycles. The SMILES string of the molecule is [N-]=[N+]=NC1[C@H](O[C@H]2C(N=[N+]=[N-])C[C@@H](N=[N+]=[N-])C(O)[C@H]2O)OC(CO)[C@H](O)[C@@H]1N=[N+]=[N-]. The van der Waals surface area contributed by atoms with Crippen molar-refractivity contribution in [3.63, 3.8) is 0 Å². The van der Waals surface area contributed by atoms with E-state index in [1.54, 1.807) is 0 Å². The summed E-state index contributed by atoms with van der Waals surface area (Å²) in [6.45, 7) is -0.712. The first-order chi connectivity index (χ1) is 14.4. The molecule has 18 nitrogen and oxygen atoms in total. The van der Waals surface area contributed by atoms with E-state index in [1.807, 2.05) is 0 Å². The number of hydrogen-bond acceptors (Lipinski definition) is 10. The zero-order valence-electron chi connectivity index (χ0n) is 15.2. The van der Waals surface area contributed by atoms with Gasteiger partial charge in [-0.05, 0) is 28.5 Å². The monoisotopic (exact) mass is 426 g/mol. The van der Waals surface area contributed by atoms with Crippen molar-refractivity contribution in [2.75, 3.05) is 6.61 Å². The summed E-state index contributed by atoms with van der Waals surface area (Å²) in [5.74, 6) is 0. The predicted molar refractivity (Wildman–Crippen MR) is 95.0 cm³/mol. The molecule has 0 spiro atoms. The maximum atomic E-state index is 10.4. The Morgan fingerprint density at radius 2 is 1.37 bits per heavy atom. The van der Waals surface area contributed by atoms with Gasteiger partial charge in [0.15, 0.2) is 6.29 Å². The van der Waals surface area contributed by atoms with Gasteiger partial charge < -0.3 is 29.9 Å². The summed E-state index contributed by atoms with van der Waals surface area (Å²) in [5, 5.41) is 53.9. The first kappa shape index (κ1) is 23.3. The second-order valence-corrected chi connectivity index (χ2v) is 6.47. The summed E-state index contributed by atoms with van der Waals surface area (Å²) in [6.07, 6.45) is -9.27. The van der Waals surface area contributed by atoms with Gasteiger partial charge in [0.2, 0.25) is 0 Å². The van der Waals surface area contributed by atoms with Crippen LogP contribution < -0.4 is 0 Å². The molecule has 4 unspecified atom stereocenters. The van der Waals surface area contributed by atoms with Gasteiger partial charge in [0.05, 0.1) is 49.1 Å². The predicted octanol–water partition coefficient (Wildman–Crippen LogP) is 0.291. The van der Waals surface area contributed by atoms with Crippen LogP contribution in [-0.4, -0.2) is 88.0 Å².